The van der Waals surface area contributed by atoms with Gasteiger partial charge in [0.1, 0.15) is 5.75 Å². The molecule has 0 aliphatic carbocycles. The van der Waals surface area contributed by atoms with Crippen LogP contribution in [0.25, 0.3) is 10.8 Å². The Hall–Kier alpha value is -2.46. The zero-order valence-electron chi connectivity index (χ0n) is 11.1. The summed E-state index contributed by atoms with van der Waals surface area (Å²) in [7, 11) is 0. The SMILES string of the molecule is Cc1nc(Oc2ccc3ccccc3c2)ncc1CO. The Morgan fingerprint density at radius 1 is 1.10 bits per heavy atom. The van der Waals surface area contributed by atoms with Gasteiger partial charge < -0.3 is 9.84 Å². The molecule has 4 heteroatoms. The number of aryl methyl sites for hydroxylation is 1. The van der Waals surface area contributed by atoms with Gasteiger partial charge in [0.15, 0.2) is 0 Å². The van der Waals surface area contributed by atoms with E-state index in [0.717, 1.165) is 16.5 Å². The first-order valence-corrected chi connectivity index (χ1v) is 6.36. The maximum atomic E-state index is 9.10. The second-order valence-corrected chi connectivity index (χ2v) is 4.53. The molecule has 1 heterocycles. The highest BCUT2D eigenvalue weighted by Crippen LogP contribution is 2.24. The number of aromatic nitrogens is 2. The summed E-state index contributed by atoms with van der Waals surface area (Å²) in [6.07, 6.45) is 1.58. The topological polar surface area (TPSA) is 55.2 Å². The number of nitrogens with zero attached hydrogens (tertiary/aromatic N) is 2. The fourth-order valence-corrected chi connectivity index (χ4v) is 2.01. The predicted molar refractivity (Wildman–Crippen MR) is 76.7 cm³/mol. The molecule has 0 fully saturated rings. The lowest BCUT2D eigenvalue weighted by molar-refractivity contribution is 0.279. The summed E-state index contributed by atoms with van der Waals surface area (Å²) >= 11 is 0. The Labute approximate surface area is 116 Å². The molecule has 2 aromatic carbocycles. The van der Waals surface area contributed by atoms with E-state index in [1.165, 1.54) is 0 Å². The molecule has 0 unspecified atom stereocenters. The molecule has 0 amide bonds. The van der Waals surface area contributed by atoms with Crippen molar-refractivity contribution in [3.63, 3.8) is 0 Å². The van der Waals surface area contributed by atoms with Crippen LogP contribution < -0.4 is 4.74 Å². The van der Waals surface area contributed by atoms with Crippen LogP contribution in [0.3, 0.4) is 0 Å². The van der Waals surface area contributed by atoms with Crippen molar-refractivity contribution in [1.82, 2.24) is 9.97 Å². The highest BCUT2D eigenvalue weighted by molar-refractivity contribution is 5.83. The quantitative estimate of drug-likeness (QED) is 0.790. The third-order valence-electron chi connectivity index (χ3n) is 3.16. The van der Waals surface area contributed by atoms with E-state index in [1.807, 2.05) is 43.3 Å². The minimum atomic E-state index is -0.0674. The zero-order valence-corrected chi connectivity index (χ0v) is 11.1. The lowest BCUT2D eigenvalue weighted by Gasteiger charge is -2.07. The standard InChI is InChI=1S/C16H14N2O2/c1-11-14(10-19)9-17-16(18-11)20-15-7-6-12-4-2-3-5-13(12)8-15/h2-9,19H,10H2,1H3. The summed E-state index contributed by atoms with van der Waals surface area (Å²) in [6, 6.07) is 14.2. The van der Waals surface area contributed by atoms with Gasteiger partial charge in [-0.2, -0.15) is 4.98 Å². The molecule has 0 aliphatic heterocycles. The van der Waals surface area contributed by atoms with E-state index in [9.17, 15) is 0 Å². The lowest BCUT2D eigenvalue weighted by atomic mass is 10.1. The predicted octanol–water partition coefficient (Wildman–Crippen LogP) is 3.22. The second-order valence-electron chi connectivity index (χ2n) is 4.53. The molecule has 0 saturated carbocycles. The van der Waals surface area contributed by atoms with Gasteiger partial charge in [0.05, 0.1) is 12.3 Å². The highest BCUT2D eigenvalue weighted by atomic mass is 16.5. The van der Waals surface area contributed by atoms with Crippen molar-refractivity contribution >= 4 is 10.8 Å². The number of benzene rings is 2. The van der Waals surface area contributed by atoms with Crippen LogP contribution in [0.2, 0.25) is 0 Å². The maximum Gasteiger partial charge on any atom is 0.322 e. The van der Waals surface area contributed by atoms with Gasteiger partial charge >= 0.3 is 6.01 Å². The van der Waals surface area contributed by atoms with Crippen LogP contribution in [0.5, 0.6) is 11.8 Å². The van der Waals surface area contributed by atoms with Crippen LogP contribution in [0.4, 0.5) is 0 Å². The average Bonchev–Trinajstić information content (AvgIpc) is 2.47. The number of fused-ring (bicyclic) bond motifs is 1. The van der Waals surface area contributed by atoms with E-state index in [1.54, 1.807) is 6.20 Å². The summed E-state index contributed by atoms with van der Waals surface area (Å²) in [4.78, 5) is 8.32. The van der Waals surface area contributed by atoms with Crippen molar-refractivity contribution in [1.29, 1.82) is 0 Å². The second kappa shape index (κ2) is 5.27. The minimum absolute atomic E-state index is 0.0674. The van der Waals surface area contributed by atoms with Gasteiger partial charge in [-0.25, -0.2) is 4.98 Å². The molecule has 20 heavy (non-hydrogen) atoms. The molecule has 1 aromatic heterocycles. The van der Waals surface area contributed by atoms with E-state index >= 15 is 0 Å². The first-order valence-electron chi connectivity index (χ1n) is 6.36. The Morgan fingerprint density at radius 3 is 2.65 bits per heavy atom. The molecule has 0 saturated heterocycles. The van der Waals surface area contributed by atoms with Crippen LogP contribution in [-0.2, 0) is 6.61 Å². The molecule has 0 bridgehead atoms. The Kier molecular flexibility index (Phi) is 3.31. The van der Waals surface area contributed by atoms with Gasteiger partial charge in [0.2, 0.25) is 0 Å². The molecule has 0 aliphatic rings. The average molecular weight is 266 g/mol. The van der Waals surface area contributed by atoms with Gasteiger partial charge in [-0.05, 0) is 29.8 Å². The largest absolute Gasteiger partial charge is 0.424 e. The monoisotopic (exact) mass is 266 g/mol. The number of hydrogen-bond acceptors (Lipinski definition) is 4. The molecule has 4 nitrogen and oxygen atoms in total. The van der Waals surface area contributed by atoms with Crippen molar-refractivity contribution in [2.45, 2.75) is 13.5 Å². The van der Waals surface area contributed by atoms with Crippen molar-refractivity contribution in [3.8, 4) is 11.8 Å². The molecular weight excluding hydrogens is 252 g/mol. The van der Waals surface area contributed by atoms with Gasteiger partial charge in [0, 0.05) is 11.8 Å². The first-order chi connectivity index (χ1) is 9.76. The number of aliphatic hydroxyl groups is 1. The number of hydrogen-bond donors (Lipinski definition) is 1. The van der Waals surface area contributed by atoms with E-state index in [-0.39, 0.29) is 12.6 Å². The molecular formula is C16H14N2O2. The third kappa shape index (κ3) is 2.46. The van der Waals surface area contributed by atoms with E-state index in [0.29, 0.717) is 11.3 Å². The normalized spacial score (nSPS) is 10.7. The van der Waals surface area contributed by atoms with Crippen molar-refractivity contribution in [3.05, 3.63) is 59.9 Å². The van der Waals surface area contributed by atoms with Crippen LogP contribution in [0, 0.1) is 6.92 Å². The van der Waals surface area contributed by atoms with Crippen LogP contribution in [0.15, 0.2) is 48.7 Å². The zero-order chi connectivity index (χ0) is 13.9. The van der Waals surface area contributed by atoms with Crippen molar-refractivity contribution in [2.75, 3.05) is 0 Å². The van der Waals surface area contributed by atoms with E-state index in [2.05, 4.69) is 16.0 Å². The van der Waals surface area contributed by atoms with Crippen molar-refractivity contribution < 1.29 is 9.84 Å². The molecule has 3 rings (SSSR count). The van der Waals surface area contributed by atoms with E-state index in [4.69, 9.17) is 9.84 Å². The summed E-state index contributed by atoms with van der Waals surface area (Å²) in [6.45, 7) is 1.75. The molecule has 100 valence electrons. The molecule has 1 N–H and O–H groups in total. The number of aliphatic hydroxyl groups excluding tert-OH is 1. The third-order valence-corrected chi connectivity index (χ3v) is 3.16. The molecule has 0 atom stereocenters. The Bertz CT molecular complexity index is 756. The maximum absolute atomic E-state index is 9.10. The van der Waals surface area contributed by atoms with Crippen LogP contribution in [-0.4, -0.2) is 15.1 Å². The number of ether oxygens (including phenoxy) is 1. The van der Waals surface area contributed by atoms with Gasteiger partial charge in [-0.1, -0.05) is 30.3 Å². The van der Waals surface area contributed by atoms with Gasteiger partial charge in [-0.15, -0.1) is 0 Å². The van der Waals surface area contributed by atoms with E-state index < -0.39 is 0 Å². The first kappa shape index (κ1) is 12.6. The fourth-order valence-electron chi connectivity index (χ4n) is 2.01. The van der Waals surface area contributed by atoms with Gasteiger partial charge in [-0.3, -0.25) is 0 Å². The summed E-state index contributed by atoms with van der Waals surface area (Å²) in [5.41, 5.74) is 1.43. The fraction of sp³-hybridized carbons (Fsp3) is 0.125. The number of rotatable bonds is 3. The Morgan fingerprint density at radius 2 is 1.90 bits per heavy atom. The lowest BCUT2D eigenvalue weighted by Crippen LogP contribution is -1.98. The van der Waals surface area contributed by atoms with Crippen molar-refractivity contribution in [2.24, 2.45) is 0 Å². The smallest absolute Gasteiger partial charge is 0.322 e. The minimum Gasteiger partial charge on any atom is -0.424 e. The summed E-state index contributed by atoms with van der Waals surface area (Å²) < 4.78 is 5.66. The Balaban J connectivity index is 1.90. The van der Waals surface area contributed by atoms with Crippen LogP contribution >= 0.6 is 0 Å². The van der Waals surface area contributed by atoms with Gasteiger partial charge in [0.25, 0.3) is 0 Å². The van der Waals surface area contributed by atoms with Crippen LogP contribution in [0.1, 0.15) is 11.3 Å². The highest BCUT2D eigenvalue weighted by Gasteiger charge is 2.05. The summed E-state index contributed by atoms with van der Waals surface area (Å²) in [5.74, 6) is 0.694. The molecule has 0 spiro atoms. The summed E-state index contributed by atoms with van der Waals surface area (Å²) in [5, 5.41) is 11.4. The molecule has 0 radical (unpaired) electrons. The molecule has 3 aromatic rings.